The van der Waals surface area contributed by atoms with E-state index in [4.69, 9.17) is 15.2 Å². The molecule has 1 aromatic heterocycles. The second-order valence-corrected chi connectivity index (χ2v) is 6.75. The standard InChI is InChI=1S/C24H20FN3O3/c1-30-22-9-5-3-7-17(22)19-13-27-24(26)28-23(19)18-11-10-16(12-21(18)29)31-14-15-6-2-4-8-20(15)25/h2-13,29H,14H2,1H3,(H2,26,27,28). The first-order valence-corrected chi connectivity index (χ1v) is 9.52. The number of hydrogen-bond donors (Lipinski definition) is 2. The van der Waals surface area contributed by atoms with E-state index in [0.29, 0.717) is 33.9 Å². The number of ether oxygens (including phenoxy) is 2. The van der Waals surface area contributed by atoms with Crippen LogP contribution >= 0.6 is 0 Å². The summed E-state index contributed by atoms with van der Waals surface area (Å²) in [5.74, 6) is 0.710. The quantitative estimate of drug-likeness (QED) is 0.467. The van der Waals surface area contributed by atoms with E-state index < -0.39 is 0 Å². The summed E-state index contributed by atoms with van der Waals surface area (Å²) in [5, 5.41) is 10.7. The predicted molar refractivity (Wildman–Crippen MR) is 116 cm³/mol. The number of phenols is 1. The zero-order valence-corrected chi connectivity index (χ0v) is 16.7. The van der Waals surface area contributed by atoms with E-state index in [-0.39, 0.29) is 24.1 Å². The largest absolute Gasteiger partial charge is 0.507 e. The normalized spacial score (nSPS) is 10.6. The number of para-hydroxylation sites is 1. The second kappa shape index (κ2) is 8.71. The highest BCUT2D eigenvalue weighted by molar-refractivity contribution is 5.86. The van der Waals surface area contributed by atoms with Crippen molar-refractivity contribution in [3.05, 3.63) is 84.3 Å². The van der Waals surface area contributed by atoms with Crippen LogP contribution in [0.1, 0.15) is 5.56 Å². The number of aromatic nitrogens is 2. The summed E-state index contributed by atoms with van der Waals surface area (Å²) >= 11 is 0. The zero-order chi connectivity index (χ0) is 21.8. The molecular weight excluding hydrogens is 397 g/mol. The highest BCUT2D eigenvalue weighted by Crippen LogP contribution is 2.40. The van der Waals surface area contributed by atoms with Gasteiger partial charge in [0.05, 0.1) is 12.8 Å². The first-order chi connectivity index (χ1) is 15.1. The van der Waals surface area contributed by atoms with Crippen LogP contribution in [-0.2, 0) is 6.61 Å². The number of nitrogens with two attached hydrogens (primary N) is 1. The Hall–Kier alpha value is -4.13. The molecule has 0 aliphatic rings. The molecule has 0 atom stereocenters. The Bertz CT molecular complexity index is 1230. The summed E-state index contributed by atoms with van der Waals surface area (Å²) in [6, 6.07) is 18.6. The fraction of sp³-hybridized carbons (Fsp3) is 0.0833. The van der Waals surface area contributed by atoms with Crippen LogP contribution < -0.4 is 15.2 Å². The van der Waals surface area contributed by atoms with Gasteiger partial charge < -0.3 is 20.3 Å². The second-order valence-electron chi connectivity index (χ2n) is 6.75. The van der Waals surface area contributed by atoms with Gasteiger partial charge in [-0.3, -0.25) is 0 Å². The number of methoxy groups -OCH3 is 1. The fourth-order valence-corrected chi connectivity index (χ4v) is 3.24. The van der Waals surface area contributed by atoms with Crippen molar-refractivity contribution < 1.29 is 19.0 Å². The van der Waals surface area contributed by atoms with Crippen LogP contribution in [0.2, 0.25) is 0 Å². The van der Waals surface area contributed by atoms with Gasteiger partial charge in [0.2, 0.25) is 5.95 Å². The Morgan fingerprint density at radius 3 is 2.52 bits per heavy atom. The fourth-order valence-electron chi connectivity index (χ4n) is 3.24. The number of nitrogens with zero attached hydrogens (tertiary/aromatic N) is 2. The number of nitrogen functional groups attached to an aromatic ring is 1. The van der Waals surface area contributed by atoms with E-state index in [1.807, 2.05) is 24.3 Å². The van der Waals surface area contributed by atoms with Crippen LogP contribution in [0.3, 0.4) is 0 Å². The molecule has 0 spiro atoms. The van der Waals surface area contributed by atoms with Gasteiger partial charge in [-0.05, 0) is 24.3 Å². The Kier molecular flexibility index (Phi) is 5.66. The number of hydrogen-bond acceptors (Lipinski definition) is 6. The van der Waals surface area contributed by atoms with E-state index in [1.54, 1.807) is 43.6 Å². The minimum Gasteiger partial charge on any atom is -0.507 e. The number of anilines is 1. The van der Waals surface area contributed by atoms with Crippen LogP contribution in [0.25, 0.3) is 22.4 Å². The number of halogens is 1. The van der Waals surface area contributed by atoms with Crippen molar-refractivity contribution in [1.29, 1.82) is 0 Å². The summed E-state index contributed by atoms with van der Waals surface area (Å²) in [5.41, 5.74) is 8.57. The topological polar surface area (TPSA) is 90.5 Å². The number of phenolic OH excluding ortho intramolecular Hbond substituents is 1. The lowest BCUT2D eigenvalue weighted by Gasteiger charge is -2.14. The van der Waals surface area contributed by atoms with Gasteiger partial charge in [-0.1, -0.05) is 36.4 Å². The zero-order valence-electron chi connectivity index (χ0n) is 16.7. The Labute approximate surface area is 178 Å². The summed E-state index contributed by atoms with van der Waals surface area (Å²) < 4.78 is 24.9. The molecule has 0 unspecified atom stereocenters. The molecule has 0 saturated carbocycles. The van der Waals surface area contributed by atoms with Gasteiger partial charge in [-0.2, -0.15) is 0 Å². The smallest absolute Gasteiger partial charge is 0.220 e. The molecule has 0 radical (unpaired) electrons. The molecule has 1 heterocycles. The van der Waals surface area contributed by atoms with Crippen molar-refractivity contribution in [3.8, 4) is 39.6 Å². The molecule has 4 rings (SSSR count). The minimum atomic E-state index is -0.346. The van der Waals surface area contributed by atoms with Crippen molar-refractivity contribution in [2.24, 2.45) is 0 Å². The highest BCUT2D eigenvalue weighted by Gasteiger charge is 2.17. The van der Waals surface area contributed by atoms with E-state index in [1.165, 1.54) is 12.1 Å². The van der Waals surface area contributed by atoms with Crippen molar-refractivity contribution in [1.82, 2.24) is 9.97 Å². The highest BCUT2D eigenvalue weighted by atomic mass is 19.1. The Balaban J connectivity index is 1.69. The molecule has 3 N–H and O–H groups in total. The number of rotatable bonds is 6. The van der Waals surface area contributed by atoms with E-state index >= 15 is 0 Å². The number of benzene rings is 3. The lowest BCUT2D eigenvalue weighted by atomic mass is 9.99. The molecule has 0 aliphatic carbocycles. The Morgan fingerprint density at radius 2 is 1.74 bits per heavy atom. The molecule has 0 fully saturated rings. The maximum atomic E-state index is 13.8. The molecule has 0 aliphatic heterocycles. The van der Waals surface area contributed by atoms with Gasteiger partial charge in [0.15, 0.2) is 0 Å². The molecule has 31 heavy (non-hydrogen) atoms. The molecule has 4 aromatic rings. The molecule has 7 heteroatoms. The first kappa shape index (κ1) is 20.2. The average Bonchev–Trinajstić information content (AvgIpc) is 2.78. The summed E-state index contributed by atoms with van der Waals surface area (Å²) in [7, 11) is 1.58. The van der Waals surface area contributed by atoms with Crippen LogP contribution in [0.4, 0.5) is 10.3 Å². The molecule has 0 saturated heterocycles. The van der Waals surface area contributed by atoms with Gasteiger partial charge in [-0.15, -0.1) is 0 Å². The van der Waals surface area contributed by atoms with Crippen LogP contribution in [-0.4, -0.2) is 22.2 Å². The maximum Gasteiger partial charge on any atom is 0.220 e. The van der Waals surface area contributed by atoms with Gasteiger partial charge in [-0.25, -0.2) is 14.4 Å². The molecule has 156 valence electrons. The number of aromatic hydroxyl groups is 1. The monoisotopic (exact) mass is 417 g/mol. The molecule has 0 amide bonds. The third kappa shape index (κ3) is 4.25. The summed E-state index contributed by atoms with van der Waals surface area (Å²) in [6.07, 6.45) is 1.59. The van der Waals surface area contributed by atoms with Crippen LogP contribution in [0, 0.1) is 5.82 Å². The van der Waals surface area contributed by atoms with Gasteiger partial charge in [0.1, 0.15) is 29.7 Å². The van der Waals surface area contributed by atoms with Crippen molar-refractivity contribution in [2.45, 2.75) is 6.61 Å². The summed E-state index contributed by atoms with van der Waals surface area (Å²) in [6.45, 7) is 0.0401. The lowest BCUT2D eigenvalue weighted by molar-refractivity contribution is 0.298. The van der Waals surface area contributed by atoms with E-state index in [9.17, 15) is 9.50 Å². The van der Waals surface area contributed by atoms with E-state index in [2.05, 4.69) is 9.97 Å². The average molecular weight is 417 g/mol. The predicted octanol–water partition coefficient (Wildman–Crippen LogP) is 4.83. The van der Waals surface area contributed by atoms with Crippen molar-refractivity contribution in [3.63, 3.8) is 0 Å². The Morgan fingerprint density at radius 1 is 0.968 bits per heavy atom. The molecule has 0 bridgehead atoms. The van der Waals surface area contributed by atoms with Crippen LogP contribution in [0.5, 0.6) is 17.2 Å². The van der Waals surface area contributed by atoms with Gasteiger partial charge in [0, 0.05) is 34.5 Å². The minimum absolute atomic E-state index is 0.0401. The third-order valence-corrected chi connectivity index (χ3v) is 4.78. The first-order valence-electron chi connectivity index (χ1n) is 9.52. The van der Waals surface area contributed by atoms with Crippen molar-refractivity contribution in [2.75, 3.05) is 12.8 Å². The SMILES string of the molecule is COc1ccccc1-c1cnc(N)nc1-c1ccc(OCc2ccccc2F)cc1O. The van der Waals surface area contributed by atoms with Crippen LogP contribution in [0.15, 0.2) is 72.9 Å². The molecule has 6 nitrogen and oxygen atoms in total. The summed E-state index contributed by atoms with van der Waals surface area (Å²) in [4.78, 5) is 8.46. The molecule has 3 aromatic carbocycles. The lowest BCUT2D eigenvalue weighted by Crippen LogP contribution is -2.00. The maximum absolute atomic E-state index is 13.8. The van der Waals surface area contributed by atoms with Gasteiger partial charge >= 0.3 is 0 Å². The van der Waals surface area contributed by atoms with Crippen molar-refractivity contribution >= 4 is 5.95 Å². The molecular formula is C24H20FN3O3. The van der Waals surface area contributed by atoms with Gasteiger partial charge in [0.25, 0.3) is 0 Å². The van der Waals surface area contributed by atoms with E-state index in [0.717, 1.165) is 5.56 Å². The third-order valence-electron chi connectivity index (χ3n) is 4.78.